The van der Waals surface area contributed by atoms with Gasteiger partial charge in [0.2, 0.25) is 0 Å². The number of para-hydroxylation sites is 1. The van der Waals surface area contributed by atoms with E-state index in [4.69, 9.17) is 0 Å². The highest BCUT2D eigenvalue weighted by atomic mass is 19.1. The highest BCUT2D eigenvalue weighted by molar-refractivity contribution is 5.57. The van der Waals surface area contributed by atoms with E-state index in [2.05, 4.69) is 44.0 Å². The van der Waals surface area contributed by atoms with Crippen LogP contribution in [-0.2, 0) is 0 Å². The number of rotatable bonds is 6. The zero-order chi connectivity index (χ0) is 15.4. The molecule has 3 heteroatoms. The molecule has 1 saturated heterocycles. The molecule has 1 heterocycles. The van der Waals surface area contributed by atoms with Crippen LogP contribution < -0.4 is 10.2 Å². The molecular formula is C18H29FN2. The molecule has 1 aromatic carbocycles. The van der Waals surface area contributed by atoms with E-state index in [1.165, 1.54) is 6.42 Å². The maximum absolute atomic E-state index is 14.6. The van der Waals surface area contributed by atoms with Crippen molar-refractivity contribution >= 4 is 5.69 Å². The van der Waals surface area contributed by atoms with Gasteiger partial charge in [-0.3, -0.25) is 0 Å². The van der Waals surface area contributed by atoms with E-state index in [9.17, 15) is 4.39 Å². The van der Waals surface area contributed by atoms with Crippen LogP contribution in [0, 0.1) is 11.7 Å². The fraction of sp³-hybridized carbons (Fsp3) is 0.667. The Morgan fingerprint density at radius 2 is 2.10 bits per heavy atom. The van der Waals surface area contributed by atoms with Crippen LogP contribution in [0.1, 0.15) is 58.6 Å². The van der Waals surface area contributed by atoms with Crippen molar-refractivity contribution in [3.05, 3.63) is 29.6 Å². The van der Waals surface area contributed by atoms with Gasteiger partial charge in [0.05, 0.1) is 5.69 Å². The minimum Gasteiger partial charge on any atom is -0.366 e. The number of hydrogen-bond acceptors (Lipinski definition) is 2. The normalized spacial score (nSPS) is 20.3. The van der Waals surface area contributed by atoms with Crippen LogP contribution in [0.15, 0.2) is 18.2 Å². The van der Waals surface area contributed by atoms with Gasteiger partial charge in [0.25, 0.3) is 0 Å². The molecule has 21 heavy (non-hydrogen) atoms. The first-order valence-corrected chi connectivity index (χ1v) is 8.34. The largest absolute Gasteiger partial charge is 0.366 e. The maximum Gasteiger partial charge on any atom is 0.146 e. The van der Waals surface area contributed by atoms with Gasteiger partial charge in [-0.15, -0.1) is 0 Å². The molecule has 0 saturated carbocycles. The molecule has 2 atom stereocenters. The molecule has 0 bridgehead atoms. The van der Waals surface area contributed by atoms with Crippen LogP contribution >= 0.6 is 0 Å². The predicted octanol–water partition coefficient (Wildman–Crippen LogP) is 4.51. The van der Waals surface area contributed by atoms with Crippen LogP contribution in [0.5, 0.6) is 0 Å². The Bertz CT molecular complexity index is 459. The van der Waals surface area contributed by atoms with Gasteiger partial charge < -0.3 is 10.2 Å². The molecular weight excluding hydrogens is 263 g/mol. The second kappa shape index (κ2) is 7.26. The van der Waals surface area contributed by atoms with Crippen LogP contribution in [0.4, 0.5) is 10.1 Å². The zero-order valence-electron chi connectivity index (χ0n) is 13.8. The Labute approximate surface area is 128 Å². The van der Waals surface area contributed by atoms with Gasteiger partial charge in [0.1, 0.15) is 5.82 Å². The lowest BCUT2D eigenvalue weighted by atomic mass is 9.99. The van der Waals surface area contributed by atoms with Crippen molar-refractivity contribution in [2.75, 3.05) is 18.0 Å². The van der Waals surface area contributed by atoms with Crippen molar-refractivity contribution in [2.45, 2.75) is 59.0 Å². The summed E-state index contributed by atoms with van der Waals surface area (Å²) in [4.78, 5) is 2.31. The molecule has 0 aromatic heterocycles. The molecule has 1 fully saturated rings. The summed E-state index contributed by atoms with van der Waals surface area (Å²) in [6.45, 7) is 10.7. The molecule has 2 rings (SSSR count). The smallest absolute Gasteiger partial charge is 0.146 e. The standard InChI is InChI=1S/C18H29FN2/c1-5-11-20-14(4)15-8-6-9-16(19)18(15)21-12-7-10-17(21)13(2)3/h6,8-9,13-14,17,20H,5,7,10-12H2,1-4H3. The van der Waals surface area contributed by atoms with Crippen LogP contribution in [0.2, 0.25) is 0 Å². The van der Waals surface area contributed by atoms with E-state index in [1.54, 1.807) is 6.07 Å². The average Bonchev–Trinajstić information content (AvgIpc) is 2.93. The van der Waals surface area contributed by atoms with Crippen molar-refractivity contribution < 1.29 is 4.39 Å². The lowest BCUT2D eigenvalue weighted by Gasteiger charge is -2.33. The minimum atomic E-state index is -0.0785. The van der Waals surface area contributed by atoms with Crippen LogP contribution in [-0.4, -0.2) is 19.1 Å². The monoisotopic (exact) mass is 292 g/mol. The number of benzene rings is 1. The van der Waals surface area contributed by atoms with Gasteiger partial charge in [0.15, 0.2) is 0 Å². The van der Waals surface area contributed by atoms with Gasteiger partial charge in [-0.2, -0.15) is 0 Å². The molecule has 2 nitrogen and oxygen atoms in total. The van der Waals surface area contributed by atoms with Gasteiger partial charge in [-0.25, -0.2) is 4.39 Å². The molecule has 0 aliphatic carbocycles. The molecule has 1 N–H and O–H groups in total. The summed E-state index contributed by atoms with van der Waals surface area (Å²) in [7, 11) is 0. The highest BCUT2D eigenvalue weighted by Crippen LogP contribution is 2.36. The van der Waals surface area contributed by atoms with Crippen LogP contribution in [0.3, 0.4) is 0 Å². The summed E-state index contributed by atoms with van der Waals surface area (Å²) in [5, 5.41) is 3.49. The maximum atomic E-state index is 14.6. The van der Waals surface area contributed by atoms with E-state index in [0.29, 0.717) is 12.0 Å². The number of nitrogens with zero attached hydrogens (tertiary/aromatic N) is 1. The first-order valence-electron chi connectivity index (χ1n) is 8.34. The van der Waals surface area contributed by atoms with Crippen molar-refractivity contribution in [2.24, 2.45) is 5.92 Å². The zero-order valence-corrected chi connectivity index (χ0v) is 13.8. The fourth-order valence-corrected chi connectivity index (χ4v) is 3.42. The summed E-state index contributed by atoms with van der Waals surface area (Å²) < 4.78 is 14.6. The van der Waals surface area contributed by atoms with Crippen molar-refractivity contribution in [1.82, 2.24) is 5.32 Å². The molecule has 0 radical (unpaired) electrons. The van der Waals surface area contributed by atoms with E-state index < -0.39 is 0 Å². The first-order chi connectivity index (χ1) is 10.1. The molecule has 1 aliphatic rings. The first kappa shape index (κ1) is 16.3. The topological polar surface area (TPSA) is 15.3 Å². The van der Waals surface area contributed by atoms with Gasteiger partial charge in [-0.05, 0) is 50.3 Å². The summed E-state index contributed by atoms with van der Waals surface area (Å²) in [5.74, 6) is 0.476. The van der Waals surface area contributed by atoms with Gasteiger partial charge >= 0.3 is 0 Å². The summed E-state index contributed by atoms with van der Waals surface area (Å²) >= 11 is 0. The molecule has 118 valence electrons. The van der Waals surface area contributed by atoms with E-state index in [1.807, 2.05) is 6.07 Å². The Hall–Kier alpha value is -1.09. The highest BCUT2D eigenvalue weighted by Gasteiger charge is 2.31. The molecule has 1 aromatic rings. The Morgan fingerprint density at radius 3 is 2.76 bits per heavy atom. The van der Waals surface area contributed by atoms with Crippen molar-refractivity contribution in [3.63, 3.8) is 0 Å². The van der Waals surface area contributed by atoms with Crippen molar-refractivity contribution in [1.29, 1.82) is 0 Å². The Morgan fingerprint density at radius 1 is 1.33 bits per heavy atom. The fourth-order valence-electron chi connectivity index (χ4n) is 3.42. The summed E-state index contributed by atoms with van der Waals surface area (Å²) in [6, 6.07) is 6.14. The van der Waals surface area contributed by atoms with Crippen LogP contribution in [0.25, 0.3) is 0 Å². The average molecular weight is 292 g/mol. The van der Waals surface area contributed by atoms with E-state index in [-0.39, 0.29) is 11.9 Å². The van der Waals surface area contributed by atoms with Gasteiger partial charge in [0, 0.05) is 18.6 Å². The summed E-state index contributed by atoms with van der Waals surface area (Å²) in [6.07, 6.45) is 3.42. The molecule has 1 aliphatic heterocycles. The molecule has 2 unspecified atom stereocenters. The van der Waals surface area contributed by atoms with Crippen molar-refractivity contribution in [3.8, 4) is 0 Å². The van der Waals surface area contributed by atoms with E-state index in [0.717, 1.165) is 37.2 Å². The SMILES string of the molecule is CCCNC(C)c1cccc(F)c1N1CCCC1C(C)C. The third kappa shape index (κ3) is 3.57. The van der Waals surface area contributed by atoms with E-state index >= 15 is 0 Å². The quantitative estimate of drug-likeness (QED) is 0.830. The second-order valence-electron chi connectivity index (χ2n) is 6.50. The lowest BCUT2D eigenvalue weighted by molar-refractivity contribution is 0.481. The Kier molecular flexibility index (Phi) is 5.63. The van der Waals surface area contributed by atoms with Gasteiger partial charge in [-0.1, -0.05) is 32.9 Å². The third-order valence-corrected chi connectivity index (χ3v) is 4.54. The number of hydrogen-bond donors (Lipinski definition) is 1. The molecule has 0 spiro atoms. The third-order valence-electron chi connectivity index (χ3n) is 4.54. The molecule has 0 amide bonds. The predicted molar refractivity (Wildman–Crippen MR) is 88.3 cm³/mol. The lowest BCUT2D eigenvalue weighted by Crippen LogP contribution is -2.35. The minimum absolute atomic E-state index is 0.0785. The number of nitrogens with one attached hydrogen (secondary N) is 1. The second-order valence-corrected chi connectivity index (χ2v) is 6.50. The number of anilines is 1. The Balaban J connectivity index is 2.33. The summed E-state index contributed by atoms with van der Waals surface area (Å²) in [5.41, 5.74) is 1.92. The number of halogens is 1.